The molecule has 0 N–H and O–H groups in total. The third-order valence-corrected chi connectivity index (χ3v) is 7.55. The van der Waals surface area contributed by atoms with Gasteiger partial charge in [-0.3, -0.25) is 4.79 Å². The van der Waals surface area contributed by atoms with Crippen LogP contribution in [0.15, 0.2) is 59.3 Å². The third kappa shape index (κ3) is 4.22. The number of fused-ring (bicyclic) bond motifs is 2. The predicted molar refractivity (Wildman–Crippen MR) is 140 cm³/mol. The molecule has 0 saturated heterocycles. The van der Waals surface area contributed by atoms with Gasteiger partial charge in [-0.1, -0.05) is 12.1 Å². The average molecular weight is 514 g/mol. The van der Waals surface area contributed by atoms with E-state index in [1.54, 1.807) is 18.5 Å². The van der Waals surface area contributed by atoms with Gasteiger partial charge in [-0.15, -0.1) is 0 Å². The van der Waals surface area contributed by atoms with Gasteiger partial charge in [-0.2, -0.15) is 0 Å². The summed E-state index contributed by atoms with van der Waals surface area (Å²) in [6.45, 7) is 4.54. The Balaban J connectivity index is 1.29. The zero-order chi connectivity index (χ0) is 26.4. The first-order valence-electron chi connectivity index (χ1n) is 12.8. The lowest BCUT2D eigenvalue weighted by Crippen LogP contribution is -2.09. The van der Waals surface area contributed by atoms with Crippen molar-refractivity contribution in [3.63, 3.8) is 0 Å². The quantitative estimate of drug-likeness (QED) is 0.262. The van der Waals surface area contributed by atoms with Crippen molar-refractivity contribution in [2.24, 2.45) is 0 Å². The molecule has 0 spiro atoms. The van der Waals surface area contributed by atoms with Crippen LogP contribution >= 0.6 is 0 Å². The molecule has 0 amide bonds. The minimum absolute atomic E-state index is 0.0415. The maximum absolute atomic E-state index is 15.2. The molecule has 1 aliphatic heterocycles. The Morgan fingerprint density at radius 2 is 1.95 bits per heavy atom. The summed E-state index contributed by atoms with van der Waals surface area (Å²) in [5.41, 5.74) is 7.76. The van der Waals surface area contributed by atoms with Crippen molar-refractivity contribution in [2.75, 3.05) is 13.7 Å². The normalized spacial score (nSPS) is 17.6. The molecule has 194 valence electrons. The zero-order valence-corrected chi connectivity index (χ0v) is 21.5. The maximum atomic E-state index is 15.2. The van der Waals surface area contributed by atoms with Crippen molar-refractivity contribution in [3.05, 3.63) is 88.6 Å². The SMILES string of the molecule is COC(=O)C[C@@H]1COc2cc(O[C@@H]3CCc4c(-c5c(C)cc(-c6ncco6)cc5C)ccc(F)c43)ccc21. The van der Waals surface area contributed by atoms with E-state index in [2.05, 4.69) is 31.0 Å². The molecule has 3 aromatic carbocycles. The molecule has 6 rings (SSSR count). The summed E-state index contributed by atoms with van der Waals surface area (Å²) in [6.07, 6.45) is 4.46. The lowest BCUT2D eigenvalue weighted by molar-refractivity contribution is -0.141. The van der Waals surface area contributed by atoms with E-state index in [1.807, 2.05) is 24.3 Å². The van der Waals surface area contributed by atoms with Crippen LogP contribution in [0.25, 0.3) is 22.6 Å². The molecule has 1 aliphatic carbocycles. The molecular weight excluding hydrogens is 485 g/mol. The van der Waals surface area contributed by atoms with Gasteiger partial charge in [0.25, 0.3) is 0 Å². The molecule has 7 heteroatoms. The summed E-state index contributed by atoms with van der Waals surface area (Å²) in [5, 5.41) is 0. The summed E-state index contributed by atoms with van der Waals surface area (Å²) in [5.74, 6) is 1.33. The number of aromatic nitrogens is 1. The standard InChI is InChI=1S/C31H28FNO5/c1-17-12-19(31-33-10-11-36-31)13-18(2)29(17)23-6-8-25(32)30-24(23)7-9-26(30)38-21-4-5-22-20(14-28(34)35-3)16-37-27(22)15-21/h4-6,8,10-13,15,20,26H,7,9,14,16H2,1-3H3/t20-,26-/m1/s1. The van der Waals surface area contributed by atoms with Gasteiger partial charge in [-0.25, -0.2) is 9.37 Å². The highest BCUT2D eigenvalue weighted by molar-refractivity contribution is 5.78. The van der Waals surface area contributed by atoms with E-state index < -0.39 is 6.10 Å². The van der Waals surface area contributed by atoms with Crippen molar-refractivity contribution in [3.8, 4) is 34.1 Å². The maximum Gasteiger partial charge on any atom is 0.306 e. The van der Waals surface area contributed by atoms with Gasteiger partial charge in [0.15, 0.2) is 0 Å². The summed E-state index contributed by atoms with van der Waals surface area (Å²) < 4.78 is 37.7. The number of hydrogen-bond donors (Lipinski definition) is 0. The zero-order valence-electron chi connectivity index (χ0n) is 21.5. The molecule has 4 aromatic rings. The van der Waals surface area contributed by atoms with Crippen LogP contribution < -0.4 is 9.47 Å². The molecule has 0 radical (unpaired) electrons. The highest BCUT2D eigenvalue weighted by Gasteiger charge is 2.32. The number of halogens is 1. The number of benzene rings is 3. The number of ether oxygens (including phenoxy) is 3. The molecule has 6 nitrogen and oxygen atoms in total. The Bertz CT molecular complexity index is 1500. The fourth-order valence-electron chi connectivity index (χ4n) is 5.85. The van der Waals surface area contributed by atoms with Crippen molar-refractivity contribution in [1.82, 2.24) is 4.98 Å². The van der Waals surface area contributed by atoms with E-state index in [-0.39, 0.29) is 24.1 Å². The number of carbonyl (C=O) groups excluding carboxylic acids is 1. The second-order valence-electron chi connectivity index (χ2n) is 9.94. The van der Waals surface area contributed by atoms with Gasteiger partial charge >= 0.3 is 5.97 Å². The number of carbonyl (C=O) groups is 1. The first-order valence-corrected chi connectivity index (χ1v) is 12.8. The number of hydrogen-bond acceptors (Lipinski definition) is 6. The van der Waals surface area contributed by atoms with Crippen LogP contribution in [-0.4, -0.2) is 24.7 Å². The first kappa shape index (κ1) is 24.2. The van der Waals surface area contributed by atoms with Crippen LogP contribution in [0.4, 0.5) is 4.39 Å². The van der Waals surface area contributed by atoms with Crippen molar-refractivity contribution in [1.29, 1.82) is 0 Å². The Morgan fingerprint density at radius 3 is 2.68 bits per heavy atom. The molecule has 0 saturated carbocycles. The van der Waals surface area contributed by atoms with Crippen molar-refractivity contribution >= 4 is 5.97 Å². The fourth-order valence-corrected chi connectivity index (χ4v) is 5.85. The molecule has 2 atom stereocenters. The van der Waals surface area contributed by atoms with Crippen LogP contribution in [0.2, 0.25) is 0 Å². The lowest BCUT2D eigenvalue weighted by Gasteiger charge is -2.19. The Labute approximate surface area is 220 Å². The average Bonchev–Trinajstić information content (AvgIpc) is 3.66. The molecule has 38 heavy (non-hydrogen) atoms. The number of nitrogens with zero attached hydrogens (tertiary/aromatic N) is 1. The third-order valence-electron chi connectivity index (χ3n) is 7.55. The minimum atomic E-state index is -0.400. The molecule has 0 fully saturated rings. The van der Waals surface area contributed by atoms with Crippen LogP contribution in [0.1, 0.15) is 52.7 Å². The molecule has 0 unspecified atom stereocenters. The number of aryl methyl sites for hydroxylation is 2. The number of esters is 1. The van der Waals surface area contributed by atoms with Crippen LogP contribution in [0.5, 0.6) is 11.5 Å². The molecular formula is C31H28FNO5. The summed E-state index contributed by atoms with van der Waals surface area (Å²) in [7, 11) is 1.38. The van der Waals surface area contributed by atoms with Crippen LogP contribution in [0, 0.1) is 19.7 Å². The lowest BCUT2D eigenvalue weighted by atomic mass is 9.89. The van der Waals surface area contributed by atoms with E-state index in [4.69, 9.17) is 18.6 Å². The number of methoxy groups -OCH3 is 1. The Kier molecular flexibility index (Phi) is 6.14. The highest BCUT2D eigenvalue weighted by atomic mass is 19.1. The summed E-state index contributed by atoms with van der Waals surface area (Å²) >= 11 is 0. The van der Waals surface area contributed by atoms with Gasteiger partial charge in [0, 0.05) is 28.7 Å². The van der Waals surface area contributed by atoms with E-state index in [1.165, 1.54) is 7.11 Å². The largest absolute Gasteiger partial charge is 0.492 e. The minimum Gasteiger partial charge on any atom is -0.492 e. The van der Waals surface area contributed by atoms with Gasteiger partial charge in [0.1, 0.15) is 29.7 Å². The molecule has 1 aromatic heterocycles. The summed E-state index contributed by atoms with van der Waals surface area (Å²) in [6, 6.07) is 13.2. The van der Waals surface area contributed by atoms with Gasteiger partial charge < -0.3 is 18.6 Å². The van der Waals surface area contributed by atoms with Gasteiger partial charge in [0.2, 0.25) is 5.89 Å². The highest BCUT2D eigenvalue weighted by Crippen LogP contribution is 2.45. The Morgan fingerprint density at radius 1 is 1.13 bits per heavy atom. The van der Waals surface area contributed by atoms with Crippen LogP contribution in [-0.2, 0) is 16.0 Å². The number of oxazole rings is 1. The van der Waals surface area contributed by atoms with E-state index in [9.17, 15) is 4.79 Å². The monoisotopic (exact) mass is 513 g/mol. The van der Waals surface area contributed by atoms with E-state index >= 15 is 4.39 Å². The summed E-state index contributed by atoms with van der Waals surface area (Å²) in [4.78, 5) is 16.0. The second kappa shape index (κ2) is 9.63. The molecule has 2 heterocycles. The molecule has 0 bridgehead atoms. The molecule has 2 aliphatic rings. The van der Waals surface area contributed by atoms with Gasteiger partial charge in [0.05, 0.1) is 26.3 Å². The predicted octanol–water partition coefficient (Wildman–Crippen LogP) is 6.87. The Hall–Kier alpha value is -4.13. The smallest absolute Gasteiger partial charge is 0.306 e. The fraction of sp³-hybridized carbons (Fsp3) is 0.290. The topological polar surface area (TPSA) is 70.8 Å². The number of rotatable bonds is 6. The van der Waals surface area contributed by atoms with E-state index in [0.29, 0.717) is 36.0 Å². The van der Waals surface area contributed by atoms with Crippen molar-refractivity contribution < 1.29 is 27.8 Å². The second-order valence-corrected chi connectivity index (χ2v) is 9.94. The van der Waals surface area contributed by atoms with Crippen molar-refractivity contribution in [2.45, 2.75) is 45.1 Å². The van der Waals surface area contributed by atoms with Crippen LogP contribution in [0.3, 0.4) is 0 Å². The van der Waals surface area contributed by atoms with E-state index in [0.717, 1.165) is 45.4 Å². The van der Waals surface area contributed by atoms with Gasteiger partial charge in [-0.05, 0) is 78.8 Å². The first-order chi connectivity index (χ1) is 18.4.